The molecule has 1 unspecified atom stereocenters. The summed E-state index contributed by atoms with van der Waals surface area (Å²) in [4.78, 5) is 20.4. The van der Waals surface area contributed by atoms with E-state index >= 15 is 0 Å². The van der Waals surface area contributed by atoms with Gasteiger partial charge in [0.1, 0.15) is 0 Å². The van der Waals surface area contributed by atoms with Crippen molar-refractivity contribution in [3.05, 3.63) is 30.1 Å². The molecule has 0 aliphatic carbocycles. The highest BCUT2D eigenvalue weighted by molar-refractivity contribution is 5.76. The summed E-state index contributed by atoms with van der Waals surface area (Å²) in [6.07, 6.45) is 2.28. The van der Waals surface area contributed by atoms with Crippen LogP contribution in [0.25, 0.3) is 0 Å². The summed E-state index contributed by atoms with van der Waals surface area (Å²) >= 11 is 0. The highest BCUT2D eigenvalue weighted by atomic mass is 16.2. The third-order valence-corrected chi connectivity index (χ3v) is 3.69. The molecule has 2 N–H and O–H groups in total. The maximum Gasteiger partial charge on any atom is 0.223 e. The number of hydrogen-bond donors (Lipinski definition) is 1. The second-order valence-corrected chi connectivity index (χ2v) is 4.89. The molecule has 1 fully saturated rings. The molecule has 1 aliphatic heterocycles. The number of piperazine rings is 1. The van der Waals surface area contributed by atoms with Crippen LogP contribution in [-0.4, -0.2) is 53.4 Å². The lowest BCUT2D eigenvalue weighted by molar-refractivity contribution is -0.133. The molecule has 1 saturated heterocycles. The third kappa shape index (κ3) is 3.52. The number of carbonyl (C=O) groups is 1. The van der Waals surface area contributed by atoms with Gasteiger partial charge in [-0.05, 0) is 19.1 Å². The van der Waals surface area contributed by atoms with Crippen LogP contribution in [0.2, 0.25) is 0 Å². The molecule has 0 saturated carbocycles. The molecule has 2 heterocycles. The molecule has 1 aliphatic rings. The fourth-order valence-corrected chi connectivity index (χ4v) is 2.45. The van der Waals surface area contributed by atoms with Crippen molar-refractivity contribution in [1.82, 2.24) is 14.8 Å². The summed E-state index contributed by atoms with van der Waals surface area (Å²) in [5.74, 6) is 0.174. The minimum absolute atomic E-state index is 0.174. The lowest BCUT2D eigenvalue weighted by Crippen LogP contribution is -2.49. The summed E-state index contributed by atoms with van der Waals surface area (Å²) in [5, 5.41) is 0. The molecule has 5 nitrogen and oxygen atoms in total. The zero-order valence-corrected chi connectivity index (χ0v) is 11.5. The Hall–Kier alpha value is -1.46. The molecule has 1 amide bonds. The Bertz CT molecular complexity index is 401. The number of nitrogens with two attached hydrogens (primary N) is 1. The van der Waals surface area contributed by atoms with E-state index < -0.39 is 0 Å². The quantitative estimate of drug-likeness (QED) is 0.865. The fourth-order valence-electron chi connectivity index (χ4n) is 2.45. The van der Waals surface area contributed by atoms with E-state index in [-0.39, 0.29) is 5.91 Å². The van der Waals surface area contributed by atoms with Crippen molar-refractivity contribution in [3.8, 4) is 0 Å². The maximum absolute atomic E-state index is 11.8. The molecule has 2 rings (SSSR count). The molecular formula is C14H22N4O. The minimum Gasteiger partial charge on any atom is -0.340 e. The average molecular weight is 262 g/mol. The summed E-state index contributed by atoms with van der Waals surface area (Å²) in [6, 6.07) is 6.30. The van der Waals surface area contributed by atoms with E-state index in [1.807, 2.05) is 23.2 Å². The smallest absolute Gasteiger partial charge is 0.223 e. The van der Waals surface area contributed by atoms with Gasteiger partial charge in [-0.25, -0.2) is 0 Å². The second-order valence-electron chi connectivity index (χ2n) is 4.89. The third-order valence-electron chi connectivity index (χ3n) is 3.69. The molecule has 104 valence electrons. The average Bonchev–Trinajstić information content (AvgIpc) is 2.48. The molecule has 1 aromatic rings. The van der Waals surface area contributed by atoms with E-state index in [4.69, 9.17) is 5.73 Å². The summed E-state index contributed by atoms with van der Waals surface area (Å²) in [5.41, 5.74) is 6.51. The van der Waals surface area contributed by atoms with Gasteiger partial charge in [0.05, 0.1) is 5.69 Å². The predicted molar refractivity (Wildman–Crippen MR) is 74.5 cm³/mol. The van der Waals surface area contributed by atoms with Crippen LogP contribution in [0.4, 0.5) is 0 Å². The van der Waals surface area contributed by atoms with Crippen LogP contribution < -0.4 is 5.73 Å². The highest BCUT2D eigenvalue weighted by Crippen LogP contribution is 2.19. The second kappa shape index (κ2) is 6.63. The summed E-state index contributed by atoms with van der Waals surface area (Å²) in [6.45, 7) is 5.97. The van der Waals surface area contributed by atoms with Crippen molar-refractivity contribution in [1.29, 1.82) is 0 Å². The van der Waals surface area contributed by atoms with E-state index in [2.05, 4.69) is 22.9 Å². The van der Waals surface area contributed by atoms with Gasteiger partial charge >= 0.3 is 0 Å². The molecule has 1 atom stereocenters. The molecular weight excluding hydrogens is 240 g/mol. The van der Waals surface area contributed by atoms with Crippen molar-refractivity contribution in [3.63, 3.8) is 0 Å². The van der Waals surface area contributed by atoms with Crippen molar-refractivity contribution in [2.24, 2.45) is 5.73 Å². The van der Waals surface area contributed by atoms with Crippen LogP contribution >= 0.6 is 0 Å². The first-order valence-corrected chi connectivity index (χ1v) is 6.85. The van der Waals surface area contributed by atoms with Gasteiger partial charge in [-0.3, -0.25) is 14.7 Å². The Kier molecular flexibility index (Phi) is 4.87. The number of rotatable bonds is 4. The monoisotopic (exact) mass is 262 g/mol. The van der Waals surface area contributed by atoms with Crippen LogP contribution in [0.15, 0.2) is 24.4 Å². The Morgan fingerprint density at radius 1 is 1.37 bits per heavy atom. The van der Waals surface area contributed by atoms with Crippen LogP contribution in [0.1, 0.15) is 25.1 Å². The van der Waals surface area contributed by atoms with Gasteiger partial charge in [-0.1, -0.05) is 6.07 Å². The first-order valence-electron chi connectivity index (χ1n) is 6.85. The van der Waals surface area contributed by atoms with Crippen LogP contribution in [-0.2, 0) is 4.79 Å². The number of carbonyl (C=O) groups excluding carboxylic acids is 1. The van der Waals surface area contributed by atoms with Gasteiger partial charge < -0.3 is 10.6 Å². The van der Waals surface area contributed by atoms with Crippen LogP contribution in [0, 0.1) is 0 Å². The van der Waals surface area contributed by atoms with Gasteiger partial charge in [0.2, 0.25) is 5.91 Å². The van der Waals surface area contributed by atoms with Gasteiger partial charge in [0.15, 0.2) is 0 Å². The number of aromatic nitrogens is 1. The van der Waals surface area contributed by atoms with Crippen molar-refractivity contribution >= 4 is 5.91 Å². The van der Waals surface area contributed by atoms with Gasteiger partial charge in [-0.2, -0.15) is 0 Å². The number of hydrogen-bond acceptors (Lipinski definition) is 4. The summed E-state index contributed by atoms with van der Waals surface area (Å²) in [7, 11) is 0. The van der Waals surface area contributed by atoms with Crippen molar-refractivity contribution in [2.75, 3.05) is 32.7 Å². The predicted octanol–water partition coefficient (Wildman–Crippen LogP) is 0.636. The van der Waals surface area contributed by atoms with E-state index in [1.165, 1.54) is 0 Å². The standard InChI is InChI=1S/C14H22N4O/c1-12(13-4-2-3-7-16-13)17-8-10-18(11-9-17)14(19)5-6-15/h2-4,7,12H,5-6,8-11,15H2,1H3. The lowest BCUT2D eigenvalue weighted by atomic mass is 10.1. The highest BCUT2D eigenvalue weighted by Gasteiger charge is 2.24. The summed E-state index contributed by atoms with van der Waals surface area (Å²) < 4.78 is 0. The molecule has 0 aromatic carbocycles. The molecule has 1 aromatic heterocycles. The Labute approximate surface area is 114 Å². The fraction of sp³-hybridized carbons (Fsp3) is 0.571. The maximum atomic E-state index is 11.8. The zero-order chi connectivity index (χ0) is 13.7. The molecule has 19 heavy (non-hydrogen) atoms. The van der Waals surface area contributed by atoms with Crippen molar-refractivity contribution in [2.45, 2.75) is 19.4 Å². The Morgan fingerprint density at radius 3 is 2.68 bits per heavy atom. The molecule has 0 spiro atoms. The van der Waals surface area contributed by atoms with Gasteiger partial charge in [0, 0.05) is 51.4 Å². The van der Waals surface area contributed by atoms with Crippen LogP contribution in [0.5, 0.6) is 0 Å². The van der Waals surface area contributed by atoms with Gasteiger partial charge in [-0.15, -0.1) is 0 Å². The first kappa shape index (κ1) is 14.0. The largest absolute Gasteiger partial charge is 0.340 e. The van der Waals surface area contributed by atoms with E-state index in [9.17, 15) is 4.79 Å². The van der Waals surface area contributed by atoms with Gasteiger partial charge in [0.25, 0.3) is 0 Å². The van der Waals surface area contributed by atoms with E-state index in [0.717, 1.165) is 31.9 Å². The zero-order valence-electron chi connectivity index (χ0n) is 11.5. The van der Waals surface area contributed by atoms with Crippen molar-refractivity contribution < 1.29 is 4.79 Å². The Balaban J connectivity index is 1.88. The lowest BCUT2D eigenvalue weighted by Gasteiger charge is -2.37. The van der Waals surface area contributed by atoms with E-state index in [0.29, 0.717) is 19.0 Å². The number of amides is 1. The first-order chi connectivity index (χ1) is 9.22. The molecule has 5 heteroatoms. The normalized spacial score (nSPS) is 18.3. The minimum atomic E-state index is 0.174. The molecule has 0 bridgehead atoms. The Morgan fingerprint density at radius 2 is 2.11 bits per heavy atom. The SMILES string of the molecule is CC(c1ccccn1)N1CCN(C(=O)CCN)CC1. The number of nitrogens with zero attached hydrogens (tertiary/aromatic N) is 3. The topological polar surface area (TPSA) is 62.5 Å². The van der Waals surface area contributed by atoms with Crippen LogP contribution in [0.3, 0.4) is 0 Å². The number of pyridine rings is 1. The molecule has 0 radical (unpaired) electrons. The van der Waals surface area contributed by atoms with E-state index in [1.54, 1.807) is 0 Å².